The summed E-state index contributed by atoms with van der Waals surface area (Å²) in [7, 11) is -21.2. The minimum absolute atomic E-state index is 0.00899. The number of phosphoric ester groups is 1. The number of carbonyl (C=O) groups is 2. The van der Waals surface area contributed by atoms with Crippen molar-refractivity contribution in [2.45, 2.75) is 90.0 Å². The van der Waals surface area contributed by atoms with Crippen LogP contribution in [-0.2, 0) is 46.9 Å². The maximum atomic E-state index is 13.2. The summed E-state index contributed by atoms with van der Waals surface area (Å²) in [6.07, 6.45) is -1.27. The molecule has 1 fully saturated rings. The molecular formula is C43H57N11O18P3S+. The zero-order valence-electron chi connectivity index (χ0n) is 41.6. The van der Waals surface area contributed by atoms with Gasteiger partial charge in [-0.1, -0.05) is 6.08 Å². The Labute approximate surface area is 433 Å². The van der Waals surface area contributed by atoms with Crippen LogP contribution in [0.4, 0.5) is 22.0 Å². The van der Waals surface area contributed by atoms with Gasteiger partial charge in [-0.2, -0.15) is 12.7 Å². The zero-order valence-corrected chi connectivity index (χ0v) is 45.1. The summed E-state index contributed by atoms with van der Waals surface area (Å²) in [4.78, 5) is 84.1. The van der Waals surface area contributed by atoms with Gasteiger partial charge in [0.2, 0.25) is 11.3 Å². The van der Waals surface area contributed by atoms with Crippen molar-refractivity contribution in [2.24, 2.45) is 4.99 Å². The Balaban J connectivity index is 0.921. The van der Waals surface area contributed by atoms with Crippen LogP contribution in [0.3, 0.4) is 0 Å². The smallest absolute Gasteiger partial charge is 0.452 e. The number of nitrogen functional groups attached to an aromatic ring is 1. The fraction of sp³-hybridized carbons (Fsp3) is 0.465. The lowest BCUT2D eigenvalue weighted by atomic mass is 9.88. The van der Waals surface area contributed by atoms with Crippen molar-refractivity contribution >= 4 is 84.9 Å². The van der Waals surface area contributed by atoms with Crippen molar-refractivity contribution in [2.75, 3.05) is 49.2 Å². The highest BCUT2D eigenvalue weighted by atomic mass is 32.2. The van der Waals surface area contributed by atoms with Gasteiger partial charge >= 0.3 is 29.4 Å². The summed E-state index contributed by atoms with van der Waals surface area (Å²) in [6.45, 7) is 11.8. The van der Waals surface area contributed by atoms with E-state index in [0.717, 1.165) is 40.9 Å². The first-order valence-corrected chi connectivity index (χ1v) is 29.7. The number of benzene rings is 2. The molecule has 4 aliphatic heterocycles. The van der Waals surface area contributed by atoms with Gasteiger partial charge in [-0.05, 0) is 57.0 Å². The molecule has 0 aliphatic carbocycles. The number of likely N-dealkylation sites (N-methyl/N-ethyl adjacent to an activating group) is 1. The molecule has 29 nitrogen and oxygen atoms in total. The molecule has 76 heavy (non-hydrogen) atoms. The molecular weight excluding hydrogens is 1080 g/mol. The fourth-order valence-corrected chi connectivity index (χ4v) is 13.8. The van der Waals surface area contributed by atoms with E-state index in [4.69, 9.17) is 39.2 Å². The number of nitrogens with zero attached hydrogens (tertiary/aromatic N) is 7. The maximum Gasteiger partial charge on any atom is 0.480 e. The number of aliphatic hydroxyl groups excluding tert-OH is 1. The minimum atomic E-state index is -5.66. The molecule has 11 N–H and O–H groups in total. The number of aromatic nitrogens is 4. The highest BCUT2D eigenvalue weighted by molar-refractivity contribution is 7.86. The first-order chi connectivity index (χ1) is 35.3. The lowest BCUT2D eigenvalue weighted by Gasteiger charge is -2.43. The standard InChI is InChI=1S/C43H56N11O18P3S/c1-7-53-29-15-31-27(13-25(29)23(2)17-42(53,3)4)50-28-14-26-24(20-76(65,66)67)18-43(5,6)54(30(26)16-32(28)69-31)12-8-9-34(55)45-10-11-46-41(57)71-37-33(19-68-75(63,64)72-74(61,62)51-73(58,59)60)70-40(36(37)56)52-22-49-35-38(44)47-21-48-39(35)52/h13-18,21-22,33,36-37,40,56H,7-12,19-20H2,1-6H3,(H9-,44,45,46,47,48,51,55,57,58,59,60,61,62,63,64,65,66,67)/p+1/t33-,36-,37-,40-/m1/s1. The topological polar surface area (TPSA) is 411 Å². The van der Waals surface area contributed by atoms with Crippen molar-refractivity contribution in [1.29, 1.82) is 0 Å². The lowest BCUT2D eigenvalue weighted by molar-refractivity contribution is -0.121. The highest BCUT2D eigenvalue weighted by Crippen LogP contribution is 2.61. The Bertz CT molecular complexity index is 3480. The SMILES string of the molecule is CCN1c2cc3c(cc2C(C)=CC1(C)C)N=c1cc2c(cc1O3)=[N+](CCCC(=O)NCCNC(=O)O[C@H]1[C@@H](O)[C@H](n3cnc4c(N)ncnc43)O[C@@H]1COP(=O)(O)OP(=O)(O)NP(=O)(O)O)C(C)(C)C=C2CS(=O)(=O)O. The van der Waals surface area contributed by atoms with E-state index in [2.05, 4.69) is 68.6 Å². The normalized spacial score (nSPS) is 22.1. The van der Waals surface area contributed by atoms with Gasteiger partial charge in [-0.25, -0.2) is 43.0 Å². The number of phosphoric acid groups is 1. The third kappa shape index (κ3) is 12.6. The predicted molar refractivity (Wildman–Crippen MR) is 271 cm³/mol. The van der Waals surface area contributed by atoms with Crippen molar-refractivity contribution < 1.29 is 84.0 Å². The van der Waals surface area contributed by atoms with Gasteiger partial charge in [0.05, 0.1) is 30.1 Å². The first-order valence-electron chi connectivity index (χ1n) is 23.4. The Morgan fingerprint density at radius 2 is 1.70 bits per heavy atom. The molecule has 8 rings (SSSR count). The second kappa shape index (κ2) is 21.0. The van der Waals surface area contributed by atoms with Crippen LogP contribution in [0.2, 0.25) is 0 Å². The largest absolute Gasteiger partial charge is 0.480 e. The van der Waals surface area contributed by atoms with Crippen LogP contribution < -0.4 is 46.2 Å². The van der Waals surface area contributed by atoms with Crippen molar-refractivity contribution in [1.82, 2.24) is 39.6 Å². The van der Waals surface area contributed by atoms with Gasteiger partial charge in [0, 0.05) is 63.6 Å². The monoisotopic (exact) mass is 1140 g/mol. The van der Waals surface area contributed by atoms with Gasteiger partial charge in [0.15, 0.2) is 40.8 Å². The van der Waals surface area contributed by atoms with Crippen molar-refractivity contribution in [3.05, 3.63) is 70.9 Å². The number of hydrogen-bond acceptors (Lipinski definition) is 19. The van der Waals surface area contributed by atoms with Crippen LogP contribution in [0.5, 0.6) is 11.5 Å². The molecule has 6 atom stereocenters. The van der Waals surface area contributed by atoms with Crippen LogP contribution >= 0.6 is 23.3 Å². The second-order valence-corrected chi connectivity index (χ2v) is 25.4. The van der Waals surface area contributed by atoms with E-state index < -0.39 is 87.9 Å². The number of ether oxygens (including phenoxy) is 3. The average Bonchev–Trinajstić information content (AvgIpc) is 3.88. The van der Waals surface area contributed by atoms with E-state index in [0.29, 0.717) is 52.0 Å². The molecule has 4 aromatic rings. The van der Waals surface area contributed by atoms with E-state index in [-0.39, 0.29) is 42.0 Å². The molecule has 4 aliphatic rings. The van der Waals surface area contributed by atoms with Gasteiger partial charge in [-0.3, -0.25) is 18.4 Å². The molecule has 2 aromatic heterocycles. The van der Waals surface area contributed by atoms with E-state index >= 15 is 0 Å². The van der Waals surface area contributed by atoms with E-state index in [1.54, 1.807) is 18.2 Å². The van der Waals surface area contributed by atoms with Crippen molar-refractivity contribution in [3.8, 4) is 11.5 Å². The quantitative estimate of drug-likeness (QED) is 0.0244. The number of alkyl carbamates (subject to hydrolysis) is 1. The van der Waals surface area contributed by atoms with Gasteiger partial charge in [0.1, 0.15) is 47.4 Å². The van der Waals surface area contributed by atoms with Crippen LogP contribution in [0.1, 0.15) is 71.7 Å². The predicted octanol–water partition coefficient (Wildman–Crippen LogP) is 1.91. The zero-order chi connectivity index (χ0) is 55.5. The molecule has 0 radical (unpaired) electrons. The van der Waals surface area contributed by atoms with Gasteiger partial charge in [0.25, 0.3) is 10.1 Å². The first kappa shape index (κ1) is 56.6. The number of fused-ring (bicyclic) bond motifs is 5. The van der Waals surface area contributed by atoms with E-state index in [9.17, 15) is 51.1 Å². The number of nitrogens with two attached hydrogens (primary N) is 1. The average molecular weight is 1140 g/mol. The maximum absolute atomic E-state index is 13.2. The summed E-state index contributed by atoms with van der Waals surface area (Å²) in [5.74, 6) is -0.113. The summed E-state index contributed by atoms with van der Waals surface area (Å²) in [5.41, 5.74) is 9.56. The Hall–Kier alpha value is -5.55. The Kier molecular flexibility index (Phi) is 15.7. The van der Waals surface area contributed by atoms with E-state index in [1.807, 2.05) is 30.6 Å². The van der Waals surface area contributed by atoms with Crippen molar-refractivity contribution in [3.63, 3.8) is 0 Å². The molecule has 412 valence electrons. The third-order valence-electron chi connectivity index (χ3n) is 12.7. The van der Waals surface area contributed by atoms with Crippen LogP contribution in [0.15, 0.2) is 54.1 Å². The molecule has 0 saturated carbocycles. The number of hydrogen-bond donors (Lipinski definition) is 10. The molecule has 2 unspecified atom stereocenters. The molecule has 0 spiro atoms. The molecule has 2 aromatic carbocycles. The molecule has 33 heteroatoms. The number of amides is 2. The van der Waals surface area contributed by atoms with Gasteiger partial charge in [-0.15, -0.1) is 4.86 Å². The number of anilines is 2. The number of aliphatic hydroxyl groups is 1. The molecule has 1 saturated heterocycles. The summed E-state index contributed by atoms with van der Waals surface area (Å²) >= 11 is 0. The van der Waals surface area contributed by atoms with Gasteiger partial charge < -0.3 is 60.2 Å². The molecule has 2 amide bonds. The number of carbonyl (C=O) groups excluding carboxylic acids is 2. The number of allylic oxidation sites excluding steroid dienone is 1. The fourth-order valence-electron chi connectivity index (χ4n) is 9.73. The number of rotatable bonds is 19. The number of imidazole rings is 1. The van der Waals surface area contributed by atoms with Crippen LogP contribution in [0, 0.1) is 0 Å². The Morgan fingerprint density at radius 3 is 2.39 bits per heavy atom. The summed E-state index contributed by atoms with van der Waals surface area (Å²) < 4.78 is 100. The second-order valence-electron chi connectivity index (χ2n) is 19.2. The summed E-state index contributed by atoms with van der Waals surface area (Å²) in [6, 6.07) is 7.49. The third-order valence-corrected chi connectivity index (χ3v) is 17.6. The lowest BCUT2D eigenvalue weighted by Crippen LogP contribution is -2.50. The summed E-state index contributed by atoms with van der Waals surface area (Å²) in [5, 5.41) is 17.5. The highest BCUT2D eigenvalue weighted by Gasteiger charge is 2.50. The minimum Gasteiger partial charge on any atom is -0.452 e. The molecule has 6 heterocycles. The number of nitrogens with one attached hydrogen (secondary N) is 3. The van der Waals surface area contributed by atoms with Crippen LogP contribution in [-0.4, -0.2) is 137 Å². The Morgan fingerprint density at radius 1 is 0.974 bits per heavy atom. The molecule has 0 bridgehead atoms. The van der Waals surface area contributed by atoms with E-state index in [1.165, 1.54) is 4.57 Å². The van der Waals surface area contributed by atoms with Crippen LogP contribution in [0.25, 0.3) is 22.3 Å².